The summed E-state index contributed by atoms with van der Waals surface area (Å²) in [7, 11) is 0. The fraction of sp³-hybridized carbons (Fsp3) is 0.333. The van der Waals surface area contributed by atoms with E-state index in [1.807, 2.05) is 48.5 Å². The number of rotatable bonds is 17. The van der Waals surface area contributed by atoms with Crippen LogP contribution in [-0.2, 0) is 9.47 Å². The first-order chi connectivity index (χ1) is 14.8. The molecule has 0 saturated carbocycles. The molecule has 2 aromatic carbocycles. The molecular formula is C24H30O6. The smallest absolute Gasteiger partial charge is 0.161 e. The molecule has 0 aliphatic carbocycles. The van der Waals surface area contributed by atoms with Crippen molar-refractivity contribution in [2.45, 2.75) is 0 Å². The highest BCUT2D eigenvalue weighted by Gasteiger charge is 2.04. The van der Waals surface area contributed by atoms with Crippen LogP contribution in [0.2, 0.25) is 0 Å². The molecule has 0 amide bonds. The molecule has 0 saturated heterocycles. The molecule has 0 radical (unpaired) electrons. The molecule has 0 aliphatic rings. The van der Waals surface area contributed by atoms with E-state index in [0.717, 1.165) is 0 Å². The van der Waals surface area contributed by atoms with Crippen LogP contribution in [0.15, 0.2) is 73.8 Å². The third-order valence-electron chi connectivity index (χ3n) is 3.75. The lowest BCUT2D eigenvalue weighted by Gasteiger charge is -2.12. The fourth-order valence-corrected chi connectivity index (χ4v) is 2.42. The maximum absolute atomic E-state index is 5.70. The highest BCUT2D eigenvalue weighted by molar-refractivity contribution is 5.40. The number of benzene rings is 2. The predicted octanol–water partition coefficient (Wildman–Crippen LogP) is 4.31. The minimum Gasteiger partial charge on any atom is -0.487 e. The van der Waals surface area contributed by atoms with Gasteiger partial charge in [0, 0.05) is 0 Å². The van der Waals surface area contributed by atoms with E-state index < -0.39 is 0 Å². The summed E-state index contributed by atoms with van der Waals surface area (Å²) in [4.78, 5) is 0. The standard InChI is InChI=1S/C24H30O6/c1-3-13-27-21-9-5-7-11-23(21)29-19-17-25-15-16-26-18-20-30-24-12-8-6-10-22(24)28-14-4-2/h3-12H,1-2,13-20H2. The van der Waals surface area contributed by atoms with Gasteiger partial charge in [-0.25, -0.2) is 0 Å². The summed E-state index contributed by atoms with van der Waals surface area (Å²) in [6, 6.07) is 15.0. The summed E-state index contributed by atoms with van der Waals surface area (Å²) >= 11 is 0. The maximum atomic E-state index is 5.70. The predicted molar refractivity (Wildman–Crippen MR) is 117 cm³/mol. The van der Waals surface area contributed by atoms with Gasteiger partial charge in [-0.15, -0.1) is 0 Å². The van der Waals surface area contributed by atoms with Crippen LogP contribution in [0.4, 0.5) is 0 Å². The molecule has 30 heavy (non-hydrogen) atoms. The molecule has 0 bridgehead atoms. The van der Waals surface area contributed by atoms with Gasteiger partial charge in [0.05, 0.1) is 26.4 Å². The number of hydrogen-bond donors (Lipinski definition) is 0. The zero-order valence-corrected chi connectivity index (χ0v) is 17.3. The molecule has 0 heterocycles. The zero-order valence-electron chi connectivity index (χ0n) is 17.3. The highest BCUT2D eigenvalue weighted by atomic mass is 16.6. The molecule has 0 aromatic heterocycles. The van der Waals surface area contributed by atoms with Crippen LogP contribution in [0, 0.1) is 0 Å². The molecule has 0 unspecified atom stereocenters. The molecule has 2 rings (SSSR count). The third kappa shape index (κ3) is 9.03. The van der Waals surface area contributed by atoms with Gasteiger partial charge in [-0.05, 0) is 24.3 Å². The Morgan fingerprint density at radius 1 is 0.500 bits per heavy atom. The van der Waals surface area contributed by atoms with Crippen molar-refractivity contribution >= 4 is 0 Å². The Hall–Kier alpha value is -2.96. The highest BCUT2D eigenvalue weighted by Crippen LogP contribution is 2.27. The van der Waals surface area contributed by atoms with Crippen molar-refractivity contribution < 1.29 is 28.4 Å². The lowest BCUT2D eigenvalue weighted by atomic mass is 10.3. The molecule has 162 valence electrons. The Balaban J connectivity index is 1.51. The van der Waals surface area contributed by atoms with Gasteiger partial charge in [0.25, 0.3) is 0 Å². The van der Waals surface area contributed by atoms with E-state index in [4.69, 9.17) is 28.4 Å². The Morgan fingerprint density at radius 2 is 0.833 bits per heavy atom. The van der Waals surface area contributed by atoms with Gasteiger partial charge in [0.1, 0.15) is 26.4 Å². The average Bonchev–Trinajstić information content (AvgIpc) is 2.78. The van der Waals surface area contributed by atoms with E-state index >= 15 is 0 Å². The Bertz CT molecular complexity index is 682. The molecule has 6 heteroatoms. The summed E-state index contributed by atoms with van der Waals surface area (Å²) in [5.41, 5.74) is 0. The van der Waals surface area contributed by atoms with E-state index in [1.54, 1.807) is 12.2 Å². The van der Waals surface area contributed by atoms with E-state index in [2.05, 4.69) is 13.2 Å². The molecule has 0 atom stereocenters. The fourth-order valence-electron chi connectivity index (χ4n) is 2.42. The topological polar surface area (TPSA) is 55.4 Å². The van der Waals surface area contributed by atoms with E-state index in [0.29, 0.717) is 75.9 Å². The van der Waals surface area contributed by atoms with Crippen molar-refractivity contribution in [2.75, 3.05) is 52.9 Å². The number of hydrogen-bond acceptors (Lipinski definition) is 6. The summed E-state index contributed by atoms with van der Waals surface area (Å²) in [5, 5.41) is 0. The van der Waals surface area contributed by atoms with Gasteiger partial charge in [-0.1, -0.05) is 49.6 Å². The van der Waals surface area contributed by atoms with Crippen molar-refractivity contribution in [3.8, 4) is 23.0 Å². The number of para-hydroxylation sites is 4. The quantitative estimate of drug-likeness (QED) is 0.284. The Morgan fingerprint density at radius 3 is 1.20 bits per heavy atom. The van der Waals surface area contributed by atoms with Crippen molar-refractivity contribution in [1.82, 2.24) is 0 Å². The van der Waals surface area contributed by atoms with Gasteiger partial charge < -0.3 is 28.4 Å². The first-order valence-corrected chi connectivity index (χ1v) is 9.91. The summed E-state index contributed by atoms with van der Waals surface area (Å²) in [6.07, 6.45) is 3.39. The maximum Gasteiger partial charge on any atom is 0.161 e. The second-order valence-corrected chi connectivity index (χ2v) is 6.01. The SMILES string of the molecule is C=CCOc1ccccc1OCCOCCOCCOc1ccccc1OCC=C. The van der Waals surface area contributed by atoms with Crippen LogP contribution in [0.3, 0.4) is 0 Å². The van der Waals surface area contributed by atoms with E-state index in [1.165, 1.54) is 0 Å². The monoisotopic (exact) mass is 414 g/mol. The Kier molecular flexibility index (Phi) is 11.6. The van der Waals surface area contributed by atoms with E-state index in [9.17, 15) is 0 Å². The molecule has 0 N–H and O–H groups in total. The van der Waals surface area contributed by atoms with Gasteiger partial charge in [0.2, 0.25) is 0 Å². The van der Waals surface area contributed by atoms with E-state index in [-0.39, 0.29) is 0 Å². The second-order valence-electron chi connectivity index (χ2n) is 6.01. The summed E-state index contributed by atoms with van der Waals surface area (Å²) in [6.45, 7) is 10.9. The average molecular weight is 414 g/mol. The largest absolute Gasteiger partial charge is 0.487 e. The minimum atomic E-state index is 0.430. The van der Waals surface area contributed by atoms with Crippen molar-refractivity contribution in [3.05, 3.63) is 73.8 Å². The van der Waals surface area contributed by atoms with Crippen LogP contribution in [0.25, 0.3) is 0 Å². The minimum absolute atomic E-state index is 0.430. The summed E-state index contributed by atoms with van der Waals surface area (Å²) < 4.78 is 33.6. The Labute approximate surface area is 178 Å². The van der Waals surface area contributed by atoms with Crippen molar-refractivity contribution in [3.63, 3.8) is 0 Å². The molecular weight excluding hydrogens is 384 g/mol. The first kappa shape index (κ1) is 23.3. The van der Waals surface area contributed by atoms with Crippen molar-refractivity contribution in [2.24, 2.45) is 0 Å². The molecule has 0 aliphatic heterocycles. The normalized spacial score (nSPS) is 10.3. The lowest BCUT2D eigenvalue weighted by molar-refractivity contribution is 0.0268. The van der Waals surface area contributed by atoms with Gasteiger partial charge in [0.15, 0.2) is 23.0 Å². The second kappa shape index (κ2) is 15.0. The zero-order chi connectivity index (χ0) is 21.3. The molecule has 2 aromatic rings. The van der Waals surface area contributed by atoms with Crippen LogP contribution < -0.4 is 18.9 Å². The first-order valence-electron chi connectivity index (χ1n) is 9.91. The lowest BCUT2D eigenvalue weighted by Crippen LogP contribution is -2.14. The van der Waals surface area contributed by atoms with Crippen LogP contribution in [0.1, 0.15) is 0 Å². The van der Waals surface area contributed by atoms with Crippen LogP contribution in [0.5, 0.6) is 23.0 Å². The van der Waals surface area contributed by atoms with Crippen molar-refractivity contribution in [1.29, 1.82) is 0 Å². The molecule has 0 fully saturated rings. The molecule has 0 spiro atoms. The summed E-state index contributed by atoms with van der Waals surface area (Å²) in [5.74, 6) is 2.76. The van der Waals surface area contributed by atoms with Gasteiger partial charge >= 0.3 is 0 Å². The molecule has 6 nitrogen and oxygen atoms in total. The van der Waals surface area contributed by atoms with Crippen LogP contribution in [-0.4, -0.2) is 52.9 Å². The van der Waals surface area contributed by atoms with Gasteiger partial charge in [-0.3, -0.25) is 0 Å². The number of ether oxygens (including phenoxy) is 6. The third-order valence-corrected chi connectivity index (χ3v) is 3.75. The van der Waals surface area contributed by atoms with Gasteiger partial charge in [-0.2, -0.15) is 0 Å². The van der Waals surface area contributed by atoms with Crippen LogP contribution >= 0.6 is 0 Å².